The van der Waals surface area contributed by atoms with Crippen LogP contribution in [-0.2, 0) is 19.3 Å². The molecule has 3 N–H and O–H groups in total. The molecule has 0 heterocycles. The van der Waals surface area contributed by atoms with Crippen molar-refractivity contribution in [3.8, 4) is 0 Å². The van der Waals surface area contributed by atoms with Gasteiger partial charge in [0, 0.05) is 25.2 Å². The zero-order valence-corrected chi connectivity index (χ0v) is 21.1. The molecular formula is C32H39N3. The van der Waals surface area contributed by atoms with E-state index in [2.05, 4.69) is 120 Å². The first-order valence-corrected chi connectivity index (χ1v) is 12.9. The molecule has 3 heteroatoms. The average Bonchev–Trinajstić information content (AvgIpc) is 2.89. The smallest absolute Gasteiger partial charge is 0.0233 e. The van der Waals surface area contributed by atoms with Gasteiger partial charge in [0.05, 0.1) is 0 Å². The molecule has 0 aliphatic carbocycles. The second-order valence-electron chi connectivity index (χ2n) is 9.58. The maximum Gasteiger partial charge on any atom is 0.0233 e. The molecule has 3 nitrogen and oxygen atoms in total. The molecule has 0 aliphatic heterocycles. The number of hydrogen-bond donors (Lipinski definition) is 3. The first-order valence-electron chi connectivity index (χ1n) is 12.9. The summed E-state index contributed by atoms with van der Waals surface area (Å²) in [6, 6.07) is 35.8. The van der Waals surface area contributed by atoms with Gasteiger partial charge < -0.3 is 16.0 Å². The molecule has 2 unspecified atom stereocenters. The largest absolute Gasteiger partial charge is 0.318 e. The van der Waals surface area contributed by atoms with Gasteiger partial charge in [0.25, 0.3) is 0 Å². The zero-order chi connectivity index (χ0) is 24.3. The van der Waals surface area contributed by atoms with Crippen LogP contribution in [0.1, 0.15) is 22.3 Å². The van der Waals surface area contributed by atoms with Crippen molar-refractivity contribution in [2.45, 2.75) is 38.3 Å². The van der Waals surface area contributed by atoms with E-state index in [9.17, 15) is 0 Å². The van der Waals surface area contributed by atoms with Crippen LogP contribution in [-0.4, -0.2) is 38.8 Å². The Kier molecular flexibility index (Phi) is 9.47. The molecule has 0 amide bonds. The molecule has 0 saturated heterocycles. The van der Waals surface area contributed by atoms with Gasteiger partial charge in [-0.1, -0.05) is 103 Å². The quantitative estimate of drug-likeness (QED) is 0.250. The van der Waals surface area contributed by atoms with Crippen molar-refractivity contribution < 1.29 is 0 Å². The van der Waals surface area contributed by atoms with Gasteiger partial charge >= 0.3 is 0 Å². The zero-order valence-electron chi connectivity index (χ0n) is 21.1. The number of likely N-dealkylation sites (N-methyl/N-ethyl adjacent to an activating group) is 1. The molecule has 0 radical (unpaired) electrons. The van der Waals surface area contributed by atoms with E-state index in [1.165, 1.54) is 33.0 Å². The number of benzene rings is 4. The molecule has 182 valence electrons. The number of rotatable bonds is 13. The van der Waals surface area contributed by atoms with Crippen LogP contribution in [0.5, 0.6) is 0 Å². The molecule has 0 aromatic heterocycles. The Morgan fingerprint density at radius 3 is 2.14 bits per heavy atom. The summed E-state index contributed by atoms with van der Waals surface area (Å²) < 4.78 is 0. The minimum Gasteiger partial charge on any atom is -0.318 e. The van der Waals surface area contributed by atoms with Crippen molar-refractivity contribution in [2.24, 2.45) is 0 Å². The lowest BCUT2D eigenvalue weighted by Gasteiger charge is -2.25. The Balaban J connectivity index is 1.44. The van der Waals surface area contributed by atoms with Crippen LogP contribution in [0.4, 0.5) is 0 Å². The normalized spacial score (nSPS) is 13.1. The van der Waals surface area contributed by atoms with Gasteiger partial charge in [0.1, 0.15) is 0 Å². The minimum atomic E-state index is 0.349. The standard InChI is InChI=1S/C32H39N3/c1-25-15-17-26(18-16-25)19-20-34-31(22-29-13-8-12-28-11-6-7-14-32(28)29)24-35-30(23-33-2)21-27-9-4-3-5-10-27/h3-18,30-31,33-35H,19-24H2,1-2H3. The SMILES string of the molecule is CNCC(Cc1ccccc1)NCC(Cc1cccc2ccccc12)NCCc1ccc(C)cc1. The second kappa shape index (κ2) is 13.2. The van der Waals surface area contributed by atoms with Gasteiger partial charge in [-0.15, -0.1) is 0 Å². The fourth-order valence-electron chi connectivity index (χ4n) is 4.80. The summed E-state index contributed by atoms with van der Waals surface area (Å²) in [4.78, 5) is 0. The summed E-state index contributed by atoms with van der Waals surface area (Å²) in [7, 11) is 2.03. The molecule has 4 rings (SSSR count). The van der Waals surface area contributed by atoms with Crippen molar-refractivity contribution >= 4 is 10.8 Å². The summed E-state index contributed by atoms with van der Waals surface area (Å²) in [5.41, 5.74) is 5.48. The molecule has 2 atom stereocenters. The summed E-state index contributed by atoms with van der Waals surface area (Å²) in [6.45, 7) is 4.98. The van der Waals surface area contributed by atoms with Crippen LogP contribution in [0, 0.1) is 6.92 Å². The van der Waals surface area contributed by atoms with Gasteiger partial charge in [-0.05, 0) is 67.2 Å². The molecule has 0 spiro atoms. The van der Waals surface area contributed by atoms with Gasteiger partial charge in [0.15, 0.2) is 0 Å². The monoisotopic (exact) mass is 465 g/mol. The third kappa shape index (κ3) is 7.76. The highest BCUT2D eigenvalue weighted by atomic mass is 15.0. The Bertz CT molecular complexity index is 1150. The summed E-state index contributed by atoms with van der Waals surface area (Å²) >= 11 is 0. The maximum atomic E-state index is 3.87. The minimum absolute atomic E-state index is 0.349. The van der Waals surface area contributed by atoms with Crippen molar-refractivity contribution in [1.29, 1.82) is 0 Å². The van der Waals surface area contributed by atoms with Crippen molar-refractivity contribution in [3.05, 3.63) is 119 Å². The predicted octanol–water partition coefficient (Wildman–Crippen LogP) is 5.31. The second-order valence-corrected chi connectivity index (χ2v) is 9.58. The van der Waals surface area contributed by atoms with E-state index in [1.807, 2.05) is 7.05 Å². The van der Waals surface area contributed by atoms with Crippen LogP contribution in [0.3, 0.4) is 0 Å². The summed E-state index contributed by atoms with van der Waals surface area (Å²) in [5.74, 6) is 0. The molecular weight excluding hydrogens is 426 g/mol. The first kappa shape index (κ1) is 25.1. The Labute approximate surface area is 211 Å². The third-order valence-electron chi connectivity index (χ3n) is 6.74. The number of hydrogen-bond acceptors (Lipinski definition) is 3. The lowest BCUT2D eigenvalue weighted by molar-refractivity contribution is 0.418. The van der Waals surface area contributed by atoms with Crippen LogP contribution >= 0.6 is 0 Å². The van der Waals surface area contributed by atoms with E-state index in [1.54, 1.807) is 0 Å². The molecule has 0 aliphatic rings. The highest BCUT2D eigenvalue weighted by Gasteiger charge is 2.15. The summed E-state index contributed by atoms with van der Waals surface area (Å²) in [6.07, 6.45) is 3.06. The van der Waals surface area contributed by atoms with E-state index < -0.39 is 0 Å². The number of aryl methyl sites for hydroxylation is 1. The fourth-order valence-corrected chi connectivity index (χ4v) is 4.80. The van der Waals surface area contributed by atoms with Crippen molar-refractivity contribution in [3.63, 3.8) is 0 Å². The molecule has 35 heavy (non-hydrogen) atoms. The topological polar surface area (TPSA) is 36.1 Å². The molecule has 0 bridgehead atoms. The highest BCUT2D eigenvalue weighted by molar-refractivity contribution is 5.85. The molecule has 0 fully saturated rings. The van der Waals surface area contributed by atoms with Crippen molar-refractivity contribution in [2.75, 3.05) is 26.7 Å². The van der Waals surface area contributed by atoms with Crippen LogP contribution in [0.25, 0.3) is 10.8 Å². The van der Waals surface area contributed by atoms with Crippen molar-refractivity contribution in [1.82, 2.24) is 16.0 Å². The van der Waals surface area contributed by atoms with Gasteiger partial charge in [-0.3, -0.25) is 0 Å². The predicted molar refractivity (Wildman–Crippen MR) is 150 cm³/mol. The highest BCUT2D eigenvalue weighted by Crippen LogP contribution is 2.20. The van der Waals surface area contributed by atoms with Gasteiger partial charge in [-0.25, -0.2) is 0 Å². The van der Waals surface area contributed by atoms with Crippen LogP contribution in [0.15, 0.2) is 97.1 Å². The van der Waals surface area contributed by atoms with E-state index in [4.69, 9.17) is 0 Å². The first-order chi connectivity index (χ1) is 17.2. The lowest BCUT2D eigenvalue weighted by atomic mass is 9.98. The number of nitrogens with one attached hydrogen (secondary N) is 3. The average molecular weight is 466 g/mol. The number of fused-ring (bicyclic) bond motifs is 1. The summed E-state index contributed by atoms with van der Waals surface area (Å²) in [5, 5.41) is 13.8. The van der Waals surface area contributed by atoms with Gasteiger partial charge in [-0.2, -0.15) is 0 Å². The van der Waals surface area contributed by atoms with Crippen LogP contribution in [0.2, 0.25) is 0 Å². The van der Waals surface area contributed by atoms with E-state index in [0.29, 0.717) is 12.1 Å². The fraction of sp³-hybridized carbons (Fsp3) is 0.312. The van der Waals surface area contributed by atoms with E-state index >= 15 is 0 Å². The third-order valence-corrected chi connectivity index (χ3v) is 6.74. The van der Waals surface area contributed by atoms with E-state index in [0.717, 1.165) is 38.9 Å². The molecule has 0 saturated carbocycles. The Hall–Kier alpha value is -2.98. The Morgan fingerprint density at radius 2 is 1.34 bits per heavy atom. The van der Waals surface area contributed by atoms with Gasteiger partial charge in [0.2, 0.25) is 0 Å². The van der Waals surface area contributed by atoms with Crippen LogP contribution < -0.4 is 16.0 Å². The maximum absolute atomic E-state index is 3.87. The molecule has 4 aromatic rings. The van der Waals surface area contributed by atoms with E-state index in [-0.39, 0.29) is 0 Å². The Morgan fingerprint density at radius 1 is 0.629 bits per heavy atom. The lowest BCUT2D eigenvalue weighted by Crippen LogP contribution is -2.47. The molecule has 4 aromatic carbocycles.